The highest BCUT2D eigenvalue weighted by molar-refractivity contribution is 9.08. The molecule has 1 nitrogen and oxygen atoms in total. The Kier molecular flexibility index (Phi) is 3.29. The summed E-state index contributed by atoms with van der Waals surface area (Å²) in [7, 11) is 0. The maximum Gasteiger partial charge on any atom is 0.139 e. The molecule has 0 amide bonds. The Morgan fingerprint density at radius 1 is 1.24 bits per heavy atom. The largest absolute Gasteiger partial charge is 0.299 e. The maximum atomic E-state index is 12.3. The molecule has 0 aromatic heterocycles. The van der Waals surface area contributed by atoms with E-state index in [2.05, 4.69) is 41.1 Å². The van der Waals surface area contributed by atoms with Crippen LogP contribution < -0.4 is 0 Å². The molecule has 0 aliphatic heterocycles. The zero-order valence-electron chi connectivity index (χ0n) is 12.7. The van der Waals surface area contributed by atoms with Gasteiger partial charge in [-0.05, 0) is 66.5 Å². The maximum absolute atomic E-state index is 12.3. The Morgan fingerprint density at radius 3 is 2.90 bits per heavy atom. The molecule has 0 bridgehead atoms. The van der Waals surface area contributed by atoms with Crippen molar-refractivity contribution in [2.45, 2.75) is 56.7 Å². The highest BCUT2D eigenvalue weighted by Crippen LogP contribution is 2.59. The van der Waals surface area contributed by atoms with Gasteiger partial charge in [0.1, 0.15) is 5.78 Å². The number of aryl methyl sites for hydroxylation is 1. The van der Waals surface area contributed by atoms with Gasteiger partial charge in [0.25, 0.3) is 0 Å². The van der Waals surface area contributed by atoms with Crippen LogP contribution in [-0.2, 0) is 16.5 Å². The molecule has 0 heterocycles. The molecule has 21 heavy (non-hydrogen) atoms. The van der Waals surface area contributed by atoms with Crippen molar-refractivity contribution in [2.24, 2.45) is 17.3 Å². The topological polar surface area (TPSA) is 17.1 Å². The van der Waals surface area contributed by atoms with E-state index in [1.807, 2.05) is 0 Å². The third-order valence-corrected chi connectivity index (χ3v) is 7.30. The van der Waals surface area contributed by atoms with Crippen molar-refractivity contribution in [1.29, 1.82) is 0 Å². The molecule has 0 spiro atoms. The van der Waals surface area contributed by atoms with E-state index in [1.54, 1.807) is 11.1 Å². The molecule has 4 rings (SSSR count). The number of alkyl halides is 1. The van der Waals surface area contributed by atoms with Crippen molar-refractivity contribution >= 4 is 21.7 Å². The molecule has 1 aromatic rings. The molecular formula is C19H23BrO. The molecule has 2 fully saturated rings. The summed E-state index contributed by atoms with van der Waals surface area (Å²) < 4.78 is 0. The zero-order chi connectivity index (χ0) is 14.6. The van der Waals surface area contributed by atoms with Gasteiger partial charge in [-0.2, -0.15) is 0 Å². The summed E-state index contributed by atoms with van der Waals surface area (Å²) in [6, 6.07) is 7.06. The summed E-state index contributed by atoms with van der Waals surface area (Å²) >= 11 is 3.57. The lowest BCUT2D eigenvalue weighted by Crippen LogP contribution is -2.42. The van der Waals surface area contributed by atoms with E-state index in [9.17, 15) is 4.79 Å². The Labute approximate surface area is 135 Å². The van der Waals surface area contributed by atoms with E-state index in [0.29, 0.717) is 17.6 Å². The fourth-order valence-electron chi connectivity index (χ4n) is 5.49. The van der Waals surface area contributed by atoms with Gasteiger partial charge in [0.05, 0.1) is 0 Å². The number of halogens is 1. The Bertz CT molecular complexity index is 593. The quantitative estimate of drug-likeness (QED) is 0.653. The van der Waals surface area contributed by atoms with E-state index in [4.69, 9.17) is 0 Å². The normalized spacial score (nSPS) is 37.8. The molecule has 3 aliphatic rings. The number of hydrogen-bond donors (Lipinski definition) is 0. The summed E-state index contributed by atoms with van der Waals surface area (Å²) in [4.78, 5) is 12.3. The molecule has 0 radical (unpaired) electrons. The minimum absolute atomic E-state index is 0.00840. The average Bonchev–Trinajstić information content (AvgIpc) is 2.82. The fraction of sp³-hybridized carbons (Fsp3) is 0.632. The van der Waals surface area contributed by atoms with Crippen LogP contribution in [0.25, 0.3) is 0 Å². The lowest BCUT2D eigenvalue weighted by atomic mass is 9.55. The molecule has 0 saturated heterocycles. The number of rotatable bonds is 1. The minimum Gasteiger partial charge on any atom is -0.299 e. The summed E-state index contributed by atoms with van der Waals surface area (Å²) in [5, 5.41) is 0.948. The number of ketones is 1. The molecular weight excluding hydrogens is 324 g/mol. The minimum atomic E-state index is 0.00840. The van der Waals surface area contributed by atoms with Crippen molar-refractivity contribution in [2.75, 3.05) is 0 Å². The number of hydrogen-bond acceptors (Lipinski definition) is 1. The Hall–Kier alpha value is -0.630. The first-order valence-electron chi connectivity index (χ1n) is 8.34. The highest BCUT2D eigenvalue weighted by atomic mass is 79.9. The second kappa shape index (κ2) is 4.94. The second-order valence-corrected chi connectivity index (χ2v) is 8.06. The lowest BCUT2D eigenvalue weighted by molar-refractivity contribution is -0.129. The summed E-state index contributed by atoms with van der Waals surface area (Å²) in [6.45, 7) is 2.26. The zero-order valence-corrected chi connectivity index (χ0v) is 14.3. The number of fused-ring (bicyclic) bond motifs is 5. The van der Waals surface area contributed by atoms with E-state index >= 15 is 0 Å². The van der Waals surface area contributed by atoms with Crippen LogP contribution in [0.1, 0.15) is 61.6 Å². The van der Waals surface area contributed by atoms with E-state index < -0.39 is 0 Å². The predicted molar refractivity (Wildman–Crippen MR) is 88.7 cm³/mol. The van der Waals surface area contributed by atoms with Crippen LogP contribution in [0, 0.1) is 17.3 Å². The molecule has 0 unspecified atom stereocenters. The van der Waals surface area contributed by atoms with Gasteiger partial charge in [0, 0.05) is 17.2 Å². The van der Waals surface area contributed by atoms with Crippen molar-refractivity contribution < 1.29 is 4.79 Å². The SMILES string of the molecule is C[C@]12CC[C@@H]3c4ccc(CBr)cc4CC[C@H]3[C@@H]1CCC2=O. The summed E-state index contributed by atoms with van der Waals surface area (Å²) in [5.41, 5.74) is 4.57. The Morgan fingerprint density at radius 2 is 2.10 bits per heavy atom. The summed E-state index contributed by atoms with van der Waals surface area (Å²) in [5.74, 6) is 2.65. The first-order chi connectivity index (χ1) is 10.1. The average molecular weight is 347 g/mol. The molecule has 3 aliphatic carbocycles. The Balaban J connectivity index is 1.70. The number of benzene rings is 1. The van der Waals surface area contributed by atoms with Gasteiger partial charge in [-0.1, -0.05) is 41.1 Å². The van der Waals surface area contributed by atoms with Gasteiger partial charge >= 0.3 is 0 Å². The van der Waals surface area contributed by atoms with Gasteiger partial charge in [-0.3, -0.25) is 4.79 Å². The number of carbonyl (C=O) groups is 1. The smallest absolute Gasteiger partial charge is 0.139 e. The lowest BCUT2D eigenvalue weighted by Gasteiger charge is -2.48. The van der Waals surface area contributed by atoms with Gasteiger partial charge in [-0.25, -0.2) is 0 Å². The number of Topliss-reactive ketones (excluding diaryl/α,β-unsaturated/α-hetero) is 1. The molecule has 2 saturated carbocycles. The van der Waals surface area contributed by atoms with Crippen LogP contribution in [0.4, 0.5) is 0 Å². The van der Waals surface area contributed by atoms with Crippen LogP contribution >= 0.6 is 15.9 Å². The molecule has 0 N–H and O–H groups in total. The van der Waals surface area contributed by atoms with Gasteiger partial charge < -0.3 is 0 Å². The monoisotopic (exact) mass is 346 g/mol. The predicted octanol–water partition coefficient (Wildman–Crippen LogP) is 5.01. The van der Waals surface area contributed by atoms with Crippen LogP contribution in [0.5, 0.6) is 0 Å². The van der Waals surface area contributed by atoms with Crippen LogP contribution in [0.2, 0.25) is 0 Å². The van der Waals surface area contributed by atoms with Crippen LogP contribution in [-0.4, -0.2) is 5.78 Å². The van der Waals surface area contributed by atoms with Crippen LogP contribution in [0.3, 0.4) is 0 Å². The fourth-order valence-corrected chi connectivity index (χ4v) is 5.84. The second-order valence-electron chi connectivity index (χ2n) is 7.50. The highest BCUT2D eigenvalue weighted by Gasteiger charge is 2.54. The van der Waals surface area contributed by atoms with E-state index in [1.165, 1.54) is 24.8 Å². The first-order valence-corrected chi connectivity index (χ1v) is 9.46. The third kappa shape index (κ3) is 1.98. The molecule has 1 aromatic carbocycles. The van der Waals surface area contributed by atoms with Crippen molar-refractivity contribution in [3.63, 3.8) is 0 Å². The van der Waals surface area contributed by atoms with Gasteiger partial charge in [0.15, 0.2) is 0 Å². The standard InChI is InChI=1S/C19H23BrO/c1-19-9-8-15-14-4-2-12(11-20)10-13(14)3-5-16(15)17(19)6-7-18(19)21/h2,4,10,15-17H,3,5-9,11H2,1H3/t15-,16-,17+,19+/m1/s1. The number of carbonyl (C=O) groups excluding carboxylic acids is 1. The first kappa shape index (κ1) is 14.0. The molecule has 4 atom stereocenters. The van der Waals surface area contributed by atoms with E-state index in [-0.39, 0.29) is 5.41 Å². The molecule has 2 heteroatoms. The van der Waals surface area contributed by atoms with Crippen molar-refractivity contribution in [3.8, 4) is 0 Å². The third-order valence-electron chi connectivity index (χ3n) is 6.65. The van der Waals surface area contributed by atoms with E-state index in [0.717, 1.165) is 30.5 Å². The van der Waals surface area contributed by atoms with Crippen molar-refractivity contribution in [3.05, 3.63) is 34.9 Å². The van der Waals surface area contributed by atoms with Gasteiger partial charge in [-0.15, -0.1) is 0 Å². The summed E-state index contributed by atoms with van der Waals surface area (Å²) in [6.07, 6.45) is 6.79. The molecule has 112 valence electrons. The van der Waals surface area contributed by atoms with Gasteiger partial charge in [0.2, 0.25) is 0 Å². The van der Waals surface area contributed by atoms with Crippen LogP contribution in [0.15, 0.2) is 18.2 Å². The van der Waals surface area contributed by atoms with Crippen molar-refractivity contribution in [1.82, 2.24) is 0 Å².